The van der Waals surface area contributed by atoms with Gasteiger partial charge < -0.3 is 15.4 Å². The Morgan fingerprint density at radius 2 is 2.14 bits per heavy atom. The summed E-state index contributed by atoms with van der Waals surface area (Å²) in [5.41, 5.74) is 3.16. The number of nitrogens with zero attached hydrogens (tertiary/aromatic N) is 1. The van der Waals surface area contributed by atoms with E-state index in [0.29, 0.717) is 6.54 Å². The molecule has 0 radical (unpaired) electrons. The third-order valence-electron chi connectivity index (χ3n) is 3.48. The van der Waals surface area contributed by atoms with Crippen LogP contribution in [0.3, 0.4) is 0 Å². The number of carbonyl (C=O) groups is 1. The standard InChI is InChI=1S/C17H21N3O2/c1-12-6-13(2)8-15(7-12)19-10-14(9-18)17(21)20-11-16-4-3-5-22-16/h6-8,10,16,19H,3-5,11H2,1-2H3,(H,20,21)/b14-10-. The largest absolute Gasteiger partial charge is 0.376 e. The number of nitrogens with one attached hydrogen (secondary N) is 2. The number of amides is 1. The van der Waals surface area contributed by atoms with E-state index in [2.05, 4.69) is 16.7 Å². The summed E-state index contributed by atoms with van der Waals surface area (Å²) in [6, 6.07) is 7.91. The number of anilines is 1. The molecule has 1 heterocycles. The summed E-state index contributed by atoms with van der Waals surface area (Å²) >= 11 is 0. The first kappa shape index (κ1) is 16.1. The van der Waals surface area contributed by atoms with Crippen molar-refractivity contribution in [1.29, 1.82) is 5.26 Å². The summed E-state index contributed by atoms with van der Waals surface area (Å²) in [6.45, 7) is 5.19. The predicted molar refractivity (Wildman–Crippen MR) is 85.2 cm³/mol. The summed E-state index contributed by atoms with van der Waals surface area (Å²) in [6.07, 6.45) is 3.48. The predicted octanol–water partition coefficient (Wildman–Crippen LogP) is 2.42. The Labute approximate surface area is 131 Å². The number of ether oxygens (including phenoxy) is 1. The van der Waals surface area contributed by atoms with Gasteiger partial charge in [-0.15, -0.1) is 0 Å². The van der Waals surface area contributed by atoms with Gasteiger partial charge in [-0.1, -0.05) is 6.07 Å². The third-order valence-corrected chi connectivity index (χ3v) is 3.48. The highest BCUT2D eigenvalue weighted by atomic mass is 16.5. The summed E-state index contributed by atoms with van der Waals surface area (Å²) in [7, 11) is 0. The molecule has 5 heteroatoms. The molecule has 2 rings (SSSR count). The number of benzene rings is 1. The van der Waals surface area contributed by atoms with Crippen LogP contribution in [0, 0.1) is 25.2 Å². The molecule has 0 bridgehead atoms. The van der Waals surface area contributed by atoms with E-state index in [-0.39, 0.29) is 17.6 Å². The lowest BCUT2D eigenvalue weighted by molar-refractivity contribution is -0.117. The van der Waals surface area contributed by atoms with Crippen molar-refractivity contribution in [3.63, 3.8) is 0 Å². The maximum Gasteiger partial charge on any atom is 0.263 e. The Kier molecular flexibility index (Phi) is 5.56. The average Bonchev–Trinajstić information content (AvgIpc) is 2.98. The highest BCUT2D eigenvalue weighted by molar-refractivity contribution is 5.97. The van der Waals surface area contributed by atoms with Crippen molar-refractivity contribution in [2.75, 3.05) is 18.5 Å². The highest BCUT2D eigenvalue weighted by Gasteiger charge is 2.17. The van der Waals surface area contributed by atoms with Crippen molar-refractivity contribution < 1.29 is 9.53 Å². The zero-order valence-corrected chi connectivity index (χ0v) is 13.0. The van der Waals surface area contributed by atoms with E-state index in [1.807, 2.05) is 32.0 Å². The van der Waals surface area contributed by atoms with Gasteiger partial charge in [-0.3, -0.25) is 4.79 Å². The molecule has 0 aromatic heterocycles. The summed E-state index contributed by atoms with van der Waals surface area (Å²) < 4.78 is 5.44. The molecular formula is C17H21N3O2. The lowest BCUT2D eigenvalue weighted by Gasteiger charge is -2.10. The first-order valence-electron chi connectivity index (χ1n) is 7.43. The minimum Gasteiger partial charge on any atom is -0.376 e. The Hall–Kier alpha value is -2.32. The second-order valence-electron chi connectivity index (χ2n) is 5.54. The summed E-state index contributed by atoms with van der Waals surface area (Å²) in [5, 5.41) is 14.9. The molecule has 2 N–H and O–H groups in total. The van der Waals surface area contributed by atoms with Crippen molar-refractivity contribution in [3.8, 4) is 6.07 Å². The number of carbonyl (C=O) groups excluding carboxylic acids is 1. The van der Waals surface area contributed by atoms with E-state index < -0.39 is 0 Å². The van der Waals surface area contributed by atoms with Gasteiger partial charge in [-0.05, 0) is 49.9 Å². The molecule has 1 aromatic carbocycles. The van der Waals surface area contributed by atoms with E-state index in [1.165, 1.54) is 6.20 Å². The minimum absolute atomic E-state index is 0.0529. The summed E-state index contributed by atoms with van der Waals surface area (Å²) in [5.74, 6) is -0.380. The molecule has 1 fully saturated rings. The lowest BCUT2D eigenvalue weighted by atomic mass is 10.1. The van der Waals surface area contributed by atoms with E-state index in [1.54, 1.807) is 0 Å². The summed E-state index contributed by atoms with van der Waals surface area (Å²) in [4.78, 5) is 12.0. The molecule has 22 heavy (non-hydrogen) atoms. The zero-order chi connectivity index (χ0) is 15.9. The Morgan fingerprint density at radius 1 is 1.41 bits per heavy atom. The van der Waals surface area contributed by atoms with Gasteiger partial charge in [0.15, 0.2) is 0 Å². The zero-order valence-electron chi connectivity index (χ0n) is 13.0. The lowest BCUT2D eigenvalue weighted by Crippen LogP contribution is -2.32. The highest BCUT2D eigenvalue weighted by Crippen LogP contribution is 2.14. The van der Waals surface area contributed by atoms with Crippen LogP contribution in [0.4, 0.5) is 5.69 Å². The van der Waals surface area contributed by atoms with Gasteiger partial charge in [0.2, 0.25) is 0 Å². The molecule has 0 spiro atoms. The minimum atomic E-state index is -0.380. The molecule has 1 atom stereocenters. The smallest absolute Gasteiger partial charge is 0.263 e. The van der Waals surface area contributed by atoms with Crippen LogP contribution in [0.5, 0.6) is 0 Å². The van der Waals surface area contributed by atoms with Gasteiger partial charge in [0, 0.05) is 25.0 Å². The van der Waals surface area contributed by atoms with Crippen LogP contribution in [0.15, 0.2) is 30.0 Å². The molecule has 1 unspecified atom stereocenters. The molecule has 0 aliphatic carbocycles. The first-order valence-corrected chi connectivity index (χ1v) is 7.43. The van der Waals surface area contributed by atoms with Crippen LogP contribution in [0.2, 0.25) is 0 Å². The molecule has 116 valence electrons. The van der Waals surface area contributed by atoms with Gasteiger partial charge >= 0.3 is 0 Å². The second kappa shape index (κ2) is 7.62. The Balaban J connectivity index is 1.94. The van der Waals surface area contributed by atoms with Crippen molar-refractivity contribution in [1.82, 2.24) is 5.32 Å². The molecule has 1 amide bonds. The van der Waals surface area contributed by atoms with Gasteiger partial charge in [0.05, 0.1) is 6.10 Å². The van der Waals surface area contributed by atoms with E-state index in [4.69, 9.17) is 10.00 Å². The van der Waals surface area contributed by atoms with Crippen LogP contribution in [-0.2, 0) is 9.53 Å². The SMILES string of the molecule is Cc1cc(C)cc(N/C=C(/C#N)C(=O)NCC2CCCO2)c1. The molecular weight excluding hydrogens is 278 g/mol. The molecule has 1 aliphatic rings. The van der Waals surface area contributed by atoms with Crippen LogP contribution >= 0.6 is 0 Å². The van der Waals surface area contributed by atoms with E-state index >= 15 is 0 Å². The van der Waals surface area contributed by atoms with Crippen molar-refractivity contribution in [2.24, 2.45) is 0 Å². The number of nitriles is 1. The number of hydrogen-bond acceptors (Lipinski definition) is 4. The molecule has 1 aromatic rings. The van der Waals surface area contributed by atoms with Crippen molar-refractivity contribution in [2.45, 2.75) is 32.8 Å². The van der Waals surface area contributed by atoms with Gasteiger partial charge in [-0.2, -0.15) is 5.26 Å². The van der Waals surface area contributed by atoms with Crippen molar-refractivity contribution >= 4 is 11.6 Å². The maximum atomic E-state index is 12.0. The fourth-order valence-corrected chi connectivity index (χ4v) is 2.47. The quantitative estimate of drug-likeness (QED) is 0.647. The Bertz CT molecular complexity index is 591. The Morgan fingerprint density at radius 3 is 2.73 bits per heavy atom. The second-order valence-corrected chi connectivity index (χ2v) is 5.54. The monoisotopic (exact) mass is 299 g/mol. The maximum absolute atomic E-state index is 12.0. The van der Waals surface area contributed by atoms with Gasteiger partial charge in [0.25, 0.3) is 5.91 Å². The van der Waals surface area contributed by atoms with Crippen molar-refractivity contribution in [3.05, 3.63) is 41.1 Å². The molecule has 0 saturated carbocycles. The molecule has 1 aliphatic heterocycles. The normalized spacial score (nSPS) is 17.9. The molecule has 1 saturated heterocycles. The van der Waals surface area contributed by atoms with Crippen LogP contribution in [0.25, 0.3) is 0 Å². The first-order chi connectivity index (χ1) is 10.6. The van der Waals surface area contributed by atoms with E-state index in [0.717, 1.165) is 36.3 Å². The van der Waals surface area contributed by atoms with E-state index in [9.17, 15) is 4.79 Å². The fraction of sp³-hybridized carbons (Fsp3) is 0.412. The number of rotatable bonds is 5. The topological polar surface area (TPSA) is 74.2 Å². The number of aryl methyl sites for hydroxylation is 2. The third kappa shape index (κ3) is 4.61. The molecule has 5 nitrogen and oxygen atoms in total. The van der Waals surface area contributed by atoms with Crippen LogP contribution < -0.4 is 10.6 Å². The fourth-order valence-electron chi connectivity index (χ4n) is 2.47. The van der Waals surface area contributed by atoms with Crippen LogP contribution in [-0.4, -0.2) is 25.2 Å². The van der Waals surface area contributed by atoms with Crippen LogP contribution in [0.1, 0.15) is 24.0 Å². The number of hydrogen-bond donors (Lipinski definition) is 2. The average molecular weight is 299 g/mol. The van der Waals surface area contributed by atoms with Gasteiger partial charge in [0.1, 0.15) is 11.6 Å². The van der Waals surface area contributed by atoms with Gasteiger partial charge in [-0.25, -0.2) is 0 Å².